The summed E-state index contributed by atoms with van der Waals surface area (Å²) in [6, 6.07) is 20.7. The molecule has 2 aromatic carbocycles. The van der Waals surface area contributed by atoms with Crippen LogP contribution in [0.25, 0.3) is 39.1 Å². The van der Waals surface area contributed by atoms with Crippen LogP contribution < -0.4 is 15.5 Å². The van der Waals surface area contributed by atoms with E-state index in [2.05, 4.69) is 83.7 Å². The van der Waals surface area contributed by atoms with Crippen molar-refractivity contribution >= 4 is 45.4 Å². The predicted octanol–water partition coefficient (Wildman–Crippen LogP) is 7.04. The molecule has 0 bridgehead atoms. The Bertz CT molecular complexity index is 1870. The molecule has 1 aliphatic rings. The summed E-state index contributed by atoms with van der Waals surface area (Å²) in [5.74, 6) is 1.37. The van der Waals surface area contributed by atoms with Crippen LogP contribution in [-0.2, 0) is 0 Å². The highest BCUT2D eigenvalue weighted by Gasteiger charge is 2.21. The van der Waals surface area contributed by atoms with Crippen molar-refractivity contribution in [1.82, 2.24) is 35.5 Å². The summed E-state index contributed by atoms with van der Waals surface area (Å²) in [6.07, 6.45) is 10.9. The molecule has 7 rings (SSSR count). The number of anilines is 3. The van der Waals surface area contributed by atoms with E-state index in [4.69, 9.17) is 16.6 Å². The SMILES string of the molecule is C=C(NC1CCN(c2ccncc2Cl)CC1)c1cc2ccc(-c3nccc(Nc4ccc(-c5cn[nH]c5)cc4)n3)cc2[nH]1. The summed E-state index contributed by atoms with van der Waals surface area (Å²) < 4.78 is 0. The average Bonchev–Trinajstić information content (AvgIpc) is 3.73. The fraction of sp³-hybridized carbons (Fsp3) is 0.152. The first-order valence-corrected chi connectivity index (χ1v) is 14.6. The minimum atomic E-state index is 0.344. The Labute approximate surface area is 254 Å². The summed E-state index contributed by atoms with van der Waals surface area (Å²) in [5.41, 5.74) is 7.93. The van der Waals surface area contributed by atoms with Crippen LogP contribution in [0, 0.1) is 0 Å². The van der Waals surface area contributed by atoms with E-state index < -0.39 is 0 Å². The molecular formula is C33H30ClN9. The highest BCUT2D eigenvalue weighted by atomic mass is 35.5. The standard InChI is InChI=1S/C33H30ClN9/c1-21(39-27-10-14-43(15-11-27)31-8-12-35-20-28(31)34)29-16-23-2-3-24(17-30(23)41-29)33-36-13-9-32(42-33)40-26-6-4-22(5-7-26)25-18-37-38-19-25/h2-9,12-13,16-20,27,39,41H,1,10-11,14-15H2,(H,37,38)(H,36,40,42). The lowest BCUT2D eigenvalue weighted by atomic mass is 10.0. The Morgan fingerprint density at radius 3 is 2.56 bits per heavy atom. The molecule has 43 heavy (non-hydrogen) atoms. The van der Waals surface area contributed by atoms with Crippen molar-refractivity contribution in [3.63, 3.8) is 0 Å². The van der Waals surface area contributed by atoms with Crippen LogP contribution in [0.15, 0.2) is 98.2 Å². The van der Waals surface area contributed by atoms with E-state index in [9.17, 15) is 0 Å². The average molecular weight is 588 g/mol. The predicted molar refractivity (Wildman–Crippen MR) is 173 cm³/mol. The fourth-order valence-corrected chi connectivity index (χ4v) is 5.75. The van der Waals surface area contributed by atoms with Crippen LogP contribution in [0.4, 0.5) is 17.2 Å². The van der Waals surface area contributed by atoms with Crippen molar-refractivity contribution in [2.24, 2.45) is 0 Å². The van der Waals surface area contributed by atoms with Gasteiger partial charge in [-0.1, -0.05) is 42.4 Å². The molecule has 0 aliphatic carbocycles. The Kier molecular flexibility index (Phi) is 7.22. The van der Waals surface area contributed by atoms with Gasteiger partial charge in [-0.2, -0.15) is 5.10 Å². The van der Waals surface area contributed by atoms with Gasteiger partial charge in [0.25, 0.3) is 0 Å². The summed E-state index contributed by atoms with van der Waals surface area (Å²) in [6.45, 7) is 6.19. The number of aromatic amines is 2. The second-order valence-corrected chi connectivity index (χ2v) is 11.1. The monoisotopic (exact) mass is 587 g/mol. The van der Waals surface area contributed by atoms with Crippen molar-refractivity contribution in [2.75, 3.05) is 23.3 Å². The normalized spacial score (nSPS) is 13.7. The molecule has 4 aromatic heterocycles. The molecule has 1 aliphatic heterocycles. The molecule has 9 nitrogen and oxygen atoms in total. The quantitative estimate of drug-likeness (QED) is 0.151. The van der Waals surface area contributed by atoms with Gasteiger partial charge in [-0.25, -0.2) is 9.97 Å². The highest BCUT2D eigenvalue weighted by Crippen LogP contribution is 2.29. The third-order valence-corrected chi connectivity index (χ3v) is 8.11. The maximum atomic E-state index is 6.36. The van der Waals surface area contributed by atoms with Crippen LogP contribution in [0.2, 0.25) is 5.02 Å². The maximum absolute atomic E-state index is 6.36. The Hall–Kier alpha value is -5.15. The van der Waals surface area contributed by atoms with E-state index in [1.807, 2.05) is 30.5 Å². The third kappa shape index (κ3) is 5.80. The molecule has 0 atom stereocenters. The fourth-order valence-electron chi connectivity index (χ4n) is 5.51. The number of hydrogen-bond acceptors (Lipinski definition) is 7. The second kappa shape index (κ2) is 11.6. The van der Waals surface area contributed by atoms with Crippen LogP contribution >= 0.6 is 11.6 Å². The molecular weight excluding hydrogens is 558 g/mol. The van der Waals surface area contributed by atoms with E-state index in [1.54, 1.807) is 24.8 Å². The van der Waals surface area contributed by atoms with Crippen molar-refractivity contribution in [1.29, 1.82) is 0 Å². The van der Waals surface area contributed by atoms with Gasteiger partial charge in [-0.3, -0.25) is 10.1 Å². The molecule has 0 amide bonds. The van der Waals surface area contributed by atoms with Crippen LogP contribution in [0.3, 0.4) is 0 Å². The number of hydrogen-bond donors (Lipinski definition) is 4. The largest absolute Gasteiger partial charge is 0.381 e. The number of benzene rings is 2. The van der Waals surface area contributed by atoms with Gasteiger partial charge < -0.3 is 20.5 Å². The first-order chi connectivity index (χ1) is 21.1. The van der Waals surface area contributed by atoms with E-state index in [0.29, 0.717) is 16.9 Å². The summed E-state index contributed by atoms with van der Waals surface area (Å²) in [4.78, 5) is 19.3. The van der Waals surface area contributed by atoms with Crippen LogP contribution in [0.1, 0.15) is 18.5 Å². The molecule has 10 heteroatoms. The van der Waals surface area contributed by atoms with Crippen LogP contribution in [0.5, 0.6) is 0 Å². The number of halogens is 1. The van der Waals surface area contributed by atoms with Crippen molar-refractivity contribution in [2.45, 2.75) is 18.9 Å². The molecule has 4 N–H and O–H groups in total. The zero-order chi connectivity index (χ0) is 29.2. The van der Waals surface area contributed by atoms with Crippen LogP contribution in [-0.4, -0.2) is 49.3 Å². The number of fused-ring (bicyclic) bond motifs is 1. The van der Waals surface area contributed by atoms with E-state index >= 15 is 0 Å². The van der Waals surface area contributed by atoms with E-state index in [0.717, 1.165) is 82.1 Å². The summed E-state index contributed by atoms with van der Waals surface area (Å²) in [5, 5.41) is 15.7. The molecule has 6 aromatic rings. The lowest BCUT2D eigenvalue weighted by Crippen LogP contribution is -2.42. The topological polar surface area (TPSA) is 110 Å². The zero-order valence-electron chi connectivity index (χ0n) is 23.4. The van der Waals surface area contributed by atoms with Gasteiger partial charge in [0, 0.05) is 71.6 Å². The molecule has 214 valence electrons. The highest BCUT2D eigenvalue weighted by molar-refractivity contribution is 6.33. The second-order valence-electron chi connectivity index (χ2n) is 10.7. The third-order valence-electron chi connectivity index (χ3n) is 7.82. The number of H-pyrrole nitrogens is 2. The molecule has 1 fully saturated rings. The van der Waals surface area contributed by atoms with Gasteiger partial charge in [-0.15, -0.1) is 0 Å². The molecule has 5 heterocycles. The van der Waals surface area contributed by atoms with E-state index in [-0.39, 0.29) is 0 Å². The van der Waals surface area contributed by atoms with Crippen molar-refractivity contribution < 1.29 is 0 Å². The first-order valence-electron chi connectivity index (χ1n) is 14.2. The zero-order valence-corrected chi connectivity index (χ0v) is 24.1. The van der Waals surface area contributed by atoms with Crippen molar-refractivity contribution in [3.8, 4) is 22.5 Å². The van der Waals surface area contributed by atoms with Crippen molar-refractivity contribution in [3.05, 3.63) is 109 Å². The van der Waals surface area contributed by atoms with Gasteiger partial charge in [0.2, 0.25) is 0 Å². The number of nitrogens with one attached hydrogen (secondary N) is 4. The molecule has 1 saturated heterocycles. The number of nitrogens with zero attached hydrogens (tertiary/aromatic N) is 5. The number of pyridine rings is 1. The van der Waals surface area contributed by atoms with Gasteiger partial charge in [-0.05, 0) is 54.8 Å². The minimum absolute atomic E-state index is 0.344. The molecule has 0 saturated carbocycles. The van der Waals surface area contributed by atoms with Gasteiger partial charge >= 0.3 is 0 Å². The smallest absolute Gasteiger partial charge is 0.161 e. The minimum Gasteiger partial charge on any atom is -0.381 e. The molecule has 0 radical (unpaired) electrons. The Morgan fingerprint density at radius 1 is 0.930 bits per heavy atom. The molecule has 0 unspecified atom stereocenters. The summed E-state index contributed by atoms with van der Waals surface area (Å²) >= 11 is 6.36. The maximum Gasteiger partial charge on any atom is 0.161 e. The van der Waals surface area contributed by atoms with Gasteiger partial charge in [0.1, 0.15) is 5.82 Å². The number of aromatic nitrogens is 6. The Balaban J connectivity index is 1.01. The van der Waals surface area contributed by atoms with Gasteiger partial charge in [0.05, 0.1) is 28.3 Å². The van der Waals surface area contributed by atoms with Gasteiger partial charge in [0.15, 0.2) is 5.82 Å². The number of piperidine rings is 1. The lowest BCUT2D eigenvalue weighted by molar-refractivity contribution is 0.461. The first kappa shape index (κ1) is 26.7. The lowest BCUT2D eigenvalue weighted by Gasteiger charge is -2.35. The molecule has 0 spiro atoms. The van der Waals surface area contributed by atoms with E-state index in [1.165, 1.54) is 0 Å². The summed E-state index contributed by atoms with van der Waals surface area (Å²) in [7, 11) is 0. The number of rotatable bonds is 8. The Morgan fingerprint density at radius 2 is 1.77 bits per heavy atom.